The molecule has 1 aliphatic heterocycles. The molecule has 1 aliphatic carbocycles. The van der Waals surface area contributed by atoms with Crippen molar-refractivity contribution in [1.82, 2.24) is 0 Å². The van der Waals surface area contributed by atoms with Crippen molar-refractivity contribution in [3.05, 3.63) is 0 Å². The van der Waals surface area contributed by atoms with Crippen LogP contribution in [0.2, 0.25) is 0 Å². The smallest absolute Gasteiger partial charge is 0.0687 e. The fraction of sp³-hybridized carbons (Fsp3) is 0.875. The third kappa shape index (κ3) is 2.73. The third-order valence-electron chi connectivity index (χ3n) is 4.47. The second-order valence-electron chi connectivity index (χ2n) is 6.68. The van der Waals surface area contributed by atoms with Crippen LogP contribution in [0, 0.1) is 29.6 Å². The van der Waals surface area contributed by atoms with Gasteiger partial charge in [0.05, 0.1) is 4.08 Å². The largest absolute Gasteiger partial charge is 0.143 e. The summed E-state index contributed by atoms with van der Waals surface area (Å²) in [5.74, 6) is 7.07. The van der Waals surface area contributed by atoms with Gasteiger partial charge in [-0.1, -0.05) is 20.8 Å². The molecule has 1 heterocycles. The fourth-order valence-corrected chi connectivity index (χ4v) is 7.48. The van der Waals surface area contributed by atoms with Gasteiger partial charge >= 0.3 is 0 Å². The molecule has 2 aliphatic rings. The van der Waals surface area contributed by atoms with Crippen LogP contribution in [0.4, 0.5) is 0 Å². The molecule has 0 unspecified atom stereocenters. The third-order valence-corrected chi connectivity index (χ3v) is 8.91. The van der Waals surface area contributed by atoms with E-state index in [1.54, 1.807) is 0 Å². The summed E-state index contributed by atoms with van der Waals surface area (Å²) in [7, 11) is 0. The second kappa shape index (κ2) is 5.71. The van der Waals surface area contributed by atoms with Crippen LogP contribution >= 0.6 is 23.5 Å². The molecule has 0 aromatic heterocycles. The molecule has 2 fully saturated rings. The van der Waals surface area contributed by atoms with Crippen LogP contribution in [0.3, 0.4) is 0 Å². The van der Waals surface area contributed by atoms with E-state index < -0.39 is 0 Å². The molecule has 0 aromatic carbocycles. The highest BCUT2D eigenvalue weighted by molar-refractivity contribution is 8.18. The van der Waals surface area contributed by atoms with E-state index in [1.807, 2.05) is 0 Å². The van der Waals surface area contributed by atoms with Gasteiger partial charge in [0, 0.05) is 5.92 Å². The topological polar surface area (TPSA) is 0 Å². The summed E-state index contributed by atoms with van der Waals surface area (Å²) >= 11 is 4.49. The molecule has 0 nitrogen and oxygen atoms in total. The Morgan fingerprint density at radius 2 is 1.61 bits per heavy atom. The normalized spacial score (nSPS) is 32.8. The summed E-state index contributed by atoms with van der Waals surface area (Å²) in [5.41, 5.74) is 0.385. The van der Waals surface area contributed by atoms with Crippen molar-refractivity contribution < 1.29 is 0 Å². The van der Waals surface area contributed by atoms with Gasteiger partial charge < -0.3 is 0 Å². The minimum Gasteiger partial charge on any atom is -0.143 e. The van der Waals surface area contributed by atoms with E-state index in [9.17, 15) is 0 Å². The number of terminal acetylenes is 1. The summed E-state index contributed by atoms with van der Waals surface area (Å²) in [6.45, 7) is 7.31. The zero-order valence-corrected chi connectivity index (χ0v) is 13.6. The molecule has 0 atom stereocenters. The molecule has 0 aromatic rings. The first-order valence-corrected chi connectivity index (χ1v) is 9.21. The van der Waals surface area contributed by atoms with Gasteiger partial charge in [0.1, 0.15) is 0 Å². The summed E-state index contributed by atoms with van der Waals surface area (Å²) in [6.07, 6.45) is 12.1. The minimum absolute atomic E-state index is 0.385. The number of hydrogen-bond donors (Lipinski definition) is 0. The van der Waals surface area contributed by atoms with E-state index in [-0.39, 0.29) is 0 Å². The Morgan fingerprint density at radius 3 is 2.06 bits per heavy atom. The van der Waals surface area contributed by atoms with Crippen molar-refractivity contribution >= 4 is 23.5 Å². The lowest BCUT2D eigenvalue weighted by Crippen LogP contribution is -2.46. The molecule has 0 amide bonds. The van der Waals surface area contributed by atoms with Crippen molar-refractivity contribution in [1.29, 1.82) is 0 Å². The van der Waals surface area contributed by atoms with E-state index in [4.69, 9.17) is 6.42 Å². The average Bonchev–Trinajstić information content (AvgIpc) is 2.38. The van der Waals surface area contributed by atoms with Gasteiger partial charge in [0.2, 0.25) is 0 Å². The Hall–Kier alpha value is 0.260. The molecule has 1 saturated carbocycles. The Kier molecular flexibility index (Phi) is 4.66. The fourth-order valence-electron chi connectivity index (χ4n) is 3.47. The van der Waals surface area contributed by atoms with Crippen LogP contribution in [0.15, 0.2) is 0 Å². The zero-order chi connectivity index (χ0) is 13.2. The van der Waals surface area contributed by atoms with E-state index in [0.717, 1.165) is 5.92 Å². The maximum absolute atomic E-state index is 5.59. The van der Waals surface area contributed by atoms with Crippen LogP contribution in [-0.4, -0.2) is 15.6 Å². The first kappa shape index (κ1) is 14.7. The van der Waals surface area contributed by atoms with Gasteiger partial charge in [-0.3, -0.25) is 0 Å². The molecule has 102 valence electrons. The van der Waals surface area contributed by atoms with Crippen molar-refractivity contribution in [3.8, 4) is 12.3 Å². The summed E-state index contributed by atoms with van der Waals surface area (Å²) < 4.78 is 0.435. The molecular formula is C16H26S2. The van der Waals surface area contributed by atoms with Gasteiger partial charge in [-0.05, 0) is 54.9 Å². The number of hydrogen-bond acceptors (Lipinski definition) is 2. The summed E-state index contributed by atoms with van der Waals surface area (Å²) in [5, 5.41) is 0. The molecule has 18 heavy (non-hydrogen) atoms. The van der Waals surface area contributed by atoms with Gasteiger partial charge in [-0.2, -0.15) is 0 Å². The van der Waals surface area contributed by atoms with Gasteiger partial charge in [-0.25, -0.2) is 0 Å². The summed E-state index contributed by atoms with van der Waals surface area (Å²) in [4.78, 5) is 0. The molecule has 2 rings (SSSR count). The number of thioether (sulfide) groups is 2. The quantitative estimate of drug-likeness (QED) is 0.618. The second-order valence-corrected chi connectivity index (χ2v) is 9.62. The molecular weight excluding hydrogens is 256 g/mol. The molecule has 0 bridgehead atoms. The maximum Gasteiger partial charge on any atom is 0.0687 e. The lowest BCUT2D eigenvalue weighted by Gasteiger charge is -2.52. The lowest BCUT2D eigenvalue weighted by molar-refractivity contribution is 0.213. The van der Waals surface area contributed by atoms with Crippen LogP contribution in [-0.2, 0) is 0 Å². The van der Waals surface area contributed by atoms with Gasteiger partial charge in [0.15, 0.2) is 0 Å². The van der Waals surface area contributed by atoms with Crippen LogP contribution in [0.25, 0.3) is 0 Å². The van der Waals surface area contributed by atoms with E-state index in [0.29, 0.717) is 15.4 Å². The van der Waals surface area contributed by atoms with Crippen molar-refractivity contribution in [2.45, 2.75) is 57.0 Å². The van der Waals surface area contributed by atoms with Crippen LogP contribution in [0.1, 0.15) is 52.9 Å². The van der Waals surface area contributed by atoms with Gasteiger partial charge in [-0.15, -0.1) is 35.9 Å². The molecule has 0 N–H and O–H groups in total. The molecule has 1 saturated heterocycles. The van der Waals surface area contributed by atoms with E-state index in [2.05, 4.69) is 50.2 Å². The predicted octanol–water partition coefficient (Wildman–Crippen LogP) is 5.04. The Balaban J connectivity index is 2.13. The van der Waals surface area contributed by atoms with Crippen LogP contribution in [0.5, 0.6) is 0 Å². The standard InChI is InChI=1S/C16H26S2/c1-5-13-7-9-14(10-8-13)16(15(2,3)4)17-11-6-12-18-16/h1,13-14H,6-12H2,2-4H3. The van der Waals surface area contributed by atoms with E-state index >= 15 is 0 Å². The van der Waals surface area contributed by atoms with E-state index in [1.165, 1.54) is 43.6 Å². The van der Waals surface area contributed by atoms with Crippen molar-refractivity contribution in [2.24, 2.45) is 17.3 Å². The molecule has 0 radical (unpaired) electrons. The zero-order valence-electron chi connectivity index (χ0n) is 12.0. The SMILES string of the molecule is C#CC1CCC(C2(C(C)(C)C)SCCCS2)CC1. The van der Waals surface area contributed by atoms with Crippen LogP contribution < -0.4 is 0 Å². The predicted molar refractivity (Wildman–Crippen MR) is 86.0 cm³/mol. The lowest BCUT2D eigenvalue weighted by atomic mass is 9.73. The minimum atomic E-state index is 0.385. The van der Waals surface area contributed by atoms with Crippen molar-refractivity contribution in [3.63, 3.8) is 0 Å². The first-order valence-electron chi connectivity index (χ1n) is 7.23. The highest BCUT2D eigenvalue weighted by atomic mass is 32.2. The Morgan fingerprint density at radius 1 is 1.06 bits per heavy atom. The number of rotatable bonds is 1. The maximum atomic E-state index is 5.59. The molecule has 2 heteroatoms. The Labute approximate surface area is 121 Å². The Bertz CT molecular complexity index is 307. The first-order chi connectivity index (χ1) is 8.49. The average molecular weight is 283 g/mol. The van der Waals surface area contributed by atoms with Gasteiger partial charge in [0.25, 0.3) is 0 Å². The monoisotopic (exact) mass is 282 g/mol. The molecule has 0 spiro atoms. The van der Waals surface area contributed by atoms with Crippen molar-refractivity contribution in [2.75, 3.05) is 11.5 Å². The highest BCUT2D eigenvalue weighted by Crippen LogP contribution is 2.60. The highest BCUT2D eigenvalue weighted by Gasteiger charge is 2.50. The summed E-state index contributed by atoms with van der Waals surface area (Å²) in [6, 6.07) is 0.